The molecule has 337 valence electrons. The average Bonchev–Trinajstić information content (AvgIpc) is 3.91. The Morgan fingerprint density at radius 3 is 2.40 bits per heavy atom. The largest absolute Gasteiger partial charge is 0.468 e. The number of nitrogens with zero attached hydrogens (tertiary/aromatic N) is 4. The van der Waals surface area contributed by atoms with Crippen molar-refractivity contribution in [2.45, 2.75) is 101 Å². The van der Waals surface area contributed by atoms with Crippen LogP contribution in [0.1, 0.15) is 71.3 Å². The number of carbonyl (C=O) groups is 3. The van der Waals surface area contributed by atoms with Crippen molar-refractivity contribution in [2.24, 2.45) is 28.1 Å². The predicted octanol–water partition coefficient (Wildman–Crippen LogP) is 3.01. The van der Waals surface area contributed by atoms with Gasteiger partial charge in [0.25, 0.3) is 0 Å². The number of hydrogen-bond donors (Lipinski definition) is 2. The number of fused-ring (bicyclic) bond motifs is 5. The maximum atomic E-state index is 15.6. The van der Waals surface area contributed by atoms with Crippen molar-refractivity contribution in [3.05, 3.63) is 64.8 Å². The fourth-order valence-corrected chi connectivity index (χ4v) is 14.9. The molecule has 0 aromatic heterocycles. The average molecular weight is 864 g/mol. The number of benzene rings is 1. The smallest absolute Gasteiger partial charge is 0.344 e. The number of likely N-dealkylation sites (tertiary alicyclic amines) is 1. The Morgan fingerprint density at radius 2 is 1.73 bits per heavy atom. The second-order valence-electron chi connectivity index (χ2n) is 20.2. The molecule has 2 bridgehead atoms. The van der Waals surface area contributed by atoms with E-state index in [0.717, 1.165) is 65.9 Å². The fourth-order valence-electron chi connectivity index (χ4n) is 14.9. The van der Waals surface area contributed by atoms with Crippen molar-refractivity contribution in [1.82, 2.24) is 14.7 Å². The molecule has 4 saturated heterocycles. The molecule has 7 heterocycles. The zero-order chi connectivity index (χ0) is 44.4. The van der Waals surface area contributed by atoms with E-state index in [0.29, 0.717) is 58.2 Å². The minimum absolute atomic E-state index is 0.0522. The molecule has 1 radical (unpaired) electrons. The molecule has 1 aromatic carbocycles. The lowest BCUT2D eigenvalue weighted by molar-refractivity contribution is -0.243. The van der Waals surface area contributed by atoms with Gasteiger partial charge in [0.15, 0.2) is 13.4 Å². The number of likely N-dealkylation sites (N-methyl/N-ethyl adjacent to an activating group) is 1. The number of allylic oxidation sites excluding steroid dienone is 1. The summed E-state index contributed by atoms with van der Waals surface area (Å²) in [6.07, 6.45) is 11.1. The fraction of sp³-hybridized carbons (Fsp3) is 0.653. The Balaban J connectivity index is 1.23. The van der Waals surface area contributed by atoms with Crippen molar-refractivity contribution in [2.75, 3.05) is 79.1 Å². The number of methoxy groups -OCH3 is 3. The van der Waals surface area contributed by atoms with Gasteiger partial charge in [-0.05, 0) is 92.3 Å². The van der Waals surface area contributed by atoms with Crippen LogP contribution in [0.2, 0.25) is 0 Å². The second-order valence-corrected chi connectivity index (χ2v) is 20.2. The van der Waals surface area contributed by atoms with E-state index >= 15 is 4.79 Å². The molecule has 1 saturated carbocycles. The Kier molecular flexibility index (Phi) is 10.3. The van der Waals surface area contributed by atoms with E-state index in [1.807, 2.05) is 25.8 Å². The van der Waals surface area contributed by atoms with Crippen LogP contribution in [-0.4, -0.2) is 160 Å². The molecule has 1 aromatic rings. The van der Waals surface area contributed by atoms with Crippen molar-refractivity contribution < 1.29 is 43.5 Å². The van der Waals surface area contributed by atoms with Gasteiger partial charge in [-0.3, -0.25) is 19.4 Å². The summed E-state index contributed by atoms with van der Waals surface area (Å²) in [5, 5.41) is 25.5. The molecule has 3 unspecified atom stereocenters. The molecule has 2 aliphatic carbocycles. The molecule has 63 heavy (non-hydrogen) atoms. The van der Waals surface area contributed by atoms with E-state index in [1.54, 1.807) is 7.11 Å². The molecular weight excluding hydrogens is 799 g/mol. The number of carbonyl (C=O) groups excluding carboxylic acids is 3. The van der Waals surface area contributed by atoms with Crippen LogP contribution in [0.25, 0.3) is 5.57 Å². The van der Waals surface area contributed by atoms with Gasteiger partial charge in [0.1, 0.15) is 0 Å². The summed E-state index contributed by atoms with van der Waals surface area (Å²) in [5.41, 5.74) is 0.943. The van der Waals surface area contributed by atoms with Gasteiger partial charge in [0.2, 0.25) is 5.60 Å². The van der Waals surface area contributed by atoms with Crippen LogP contribution in [0.15, 0.2) is 59.2 Å². The van der Waals surface area contributed by atoms with E-state index < -0.39 is 63.6 Å². The number of anilines is 1. The van der Waals surface area contributed by atoms with E-state index in [1.165, 1.54) is 26.8 Å². The first-order chi connectivity index (χ1) is 30.2. The maximum Gasteiger partial charge on any atom is 0.344 e. The molecule has 12 atom stereocenters. The Labute approximate surface area is 372 Å². The van der Waals surface area contributed by atoms with Crippen molar-refractivity contribution >= 4 is 41.9 Å². The number of ether oxygens (including phenoxy) is 4. The highest BCUT2D eigenvalue weighted by molar-refractivity contribution is 6.67. The summed E-state index contributed by atoms with van der Waals surface area (Å²) in [7, 11) is 8.58. The van der Waals surface area contributed by atoms with Crippen LogP contribution < -0.4 is 10.4 Å². The van der Waals surface area contributed by atoms with Crippen LogP contribution in [0, 0.1) is 28.1 Å². The van der Waals surface area contributed by atoms with Crippen molar-refractivity contribution in [3.63, 3.8) is 0 Å². The third-order valence-corrected chi connectivity index (χ3v) is 17.4. The van der Waals surface area contributed by atoms with Crippen molar-refractivity contribution in [3.8, 4) is 0 Å². The third-order valence-electron chi connectivity index (χ3n) is 17.4. The highest BCUT2D eigenvalue weighted by Crippen LogP contribution is 2.70. The normalized spacial score (nSPS) is 40.9. The second kappa shape index (κ2) is 15.1. The molecule has 9 aliphatic rings. The van der Waals surface area contributed by atoms with E-state index in [9.17, 15) is 19.8 Å². The molecular formula is C49H64BN4O9. The van der Waals surface area contributed by atoms with Gasteiger partial charge in [-0.25, -0.2) is 4.79 Å². The number of hydrogen-bond acceptors (Lipinski definition) is 13. The molecule has 7 aliphatic heterocycles. The Bertz CT molecular complexity index is 2240. The van der Waals surface area contributed by atoms with Crippen LogP contribution in [0.4, 0.5) is 5.69 Å². The van der Waals surface area contributed by atoms with E-state index in [-0.39, 0.29) is 17.9 Å². The van der Waals surface area contributed by atoms with E-state index in [2.05, 4.69) is 64.5 Å². The number of esters is 3. The molecule has 13 nitrogen and oxygen atoms in total. The third kappa shape index (κ3) is 5.75. The summed E-state index contributed by atoms with van der Waals surface area (Å²) in [5.74, 6) is -2.43. The first-order valence-corrected chi connectivity index (χ1v) is 23.3. The van der Waals surface area contributed by atoms with Crippen molar-refractivity contribution in [1.29, 1.82) is 0 Å². The summed E-state index contributed by atoms with van der Waals surface area (Å²) < 4.78 is 24.4. The first kappa shape index (κ1) is 43.0. The summed E-state index contributed by atoms with van der Waals surface area (Å²) in [6.45, 7) is 10.9. The van der Waals surface area contributed by atoms with Crippen LogP contribution in [0.5, 0.6) is 0 Å². The van der Waals surface area contributed by atoms with Crippen LogP contribution >= 0.6 is 0 Å². The Hall–Kier alpha value is -3.95. The molecule has 0 amide bonds. The topological polar surface area (TPSA) is 142 Å². The number of rotatable bonds is 8. The minimum atomic E-state index is -2.28. The minimum Gasteiger partial charge on any atom is -0.468 e. The number of piperidine rings is 1. The van der Waals surface area contributed by atoms with Gasteiger partial charge in [-0.15, -0.1) is 0 Å². The standard InChI is InChI=1S/C49H64BN4O9/c1-8-45(58)25-30-26-48(43(56)61-6,39-32(14-20-52(27-30)28-45)33-22-31(53-18-11-19-53)12-13-36(33)50-39)35-23-34-37(24-38(35)60-5)51(4)41-47(34)16-21-54-17-10-15-46(9-2,40(47)54)42(63-29(3)55)49(41,59)44(57)62-7/h10,12-13,15,22-24,30,35,38,40-42,58-59H,8-9,11,14,16-21,25-28H2,1-7H3/t30-,35?,38?,40+,41-,42-,45+,46-,47-,48+,49+/m1/s1. The lowest BCUT2D eigenvalue weighted by Crippen LogP contribution is -2.79. The van der Waals surface area contributed by atoms with Gasteiger partial charge < -0.3 is 39.0 Å². The Morgan fingerprint density at radius 1 is 0.952 bits per heavy atom. The summed E-state index contributed by atoms with van der Waals surface area (Å²) in [6, 6.07) is 5.53. The lowest BCUT2D eigenvalue weighted by Gasteiger charge is -2.63. The molecule has 10 rings (SSSR count). The molecule has 5 fully saturated rings. The van der Waals surface area contributed by atoms with Crippen LogP contribution in [0.3, 0.4) is 0 Å². The summed E-state index contributed by atoms with van der Waals surface area (Å²) in [4.78, 5) is 52.4. The highest BCUT2D eigenvalue weighted by atomic mass is 16.6. The van der Waals surface area contributed by atoms with Gasteiger partial charge in [-0.2, -0.15) is 0 Å². The van der Waals surface area contributed by atoms with E-state index in [4.69, 9.17) is 18.9 Å². The summed E-state index contributed by atoms with van der Waals surface area (Å²) >= 11 is 0. The highest BCUT2D eigenvalue weighted by Gasteiger charge is 2.81. The SMILES string of the molecule is CC[C@]1(O)C[C@H]2CN(CCC3=C([B]c4ccc(N5CCC5)cc43)[C@@](C(=O)OC)(C3C=C4C(=CC3OC)N(C)[C@H]3[C@@](O)(C(=O)OC)[C@H](OC(C)=O)[C@]5(CC)C=CCN6CC[C@]43[C@@H]65)C2)C1. The predicted molar refractivity (Wildman–Crippen MR) is 238 cm³/mol. The zero-order valence-corrected chi connectivity index (χ0v) is 38.0. The van der Waals surface area contributed by atoms with Gasteiger partial charge in [0.05, 0.1) is 37.4 Å². The van der Waals surface area contributed by atoms with Gasteiger partial charge in [0, 0.05) is 94.5 Å². The lowest BCUT2D eigenvalue weighted by atomic mass is 9.46. The molecule has 2 N–H and O–H groups in total. The quantitative estimate of drug-likeness (QED) is 0.172. The first-order valence-electron chi connectivity index (χ1n) is 23.3. The maximum absolute atomic E-state index is 15.6. The zero-order valence-electron chi connectivity index (χ0n) is 38.0. The molecule has 1 spiro atoms. The van der Waals surface area contributed by atoms with Gasteiger partial charge >= 0.3 is 17.9 Å². The van der Waals surface area contributed by atoms with Gasteiger partial charge in [-0.1, -0.05) is 49.1 Å². The number of aliphatic hydroxyl groups is 2. The van der Waals surface area contributed by atoms with Crippen LogP contribution in [-0.2, 0) is 33.3 Å². The molecule has 14 heteroatoms. The monoisotopic (exact) mass is 863 g/mol.